The Labute approximate surface area is 116 Å². The molecule has 0 saturated carbocycles. The minimum absolute atomic E-state index is 0.580. The molecule has 1 rings (SSSR count). The second-order valence-corrected chi connectivity index (χ2v) is 5.10. The van der Waals surface area contributed by atoms with Gasteiger partial charge in [-0.3, -0.25) is 9.98 Å². The van der Waals surface area contributed by atoms with Crippen LogP contribution in [-0.2, 0) is 6.42 Å². The largest absolute Gasteiger partial charge is 0.357 e. The van der Waals surface area contributed by atoms with Crippen LogP contribution in [0.4, 0.5) is 0 Å². The van der Waals surface area contributed by atoms with Crippen molar-refractivity contribution in [1.82, 2.24) is 15.6 Å². The zero-order valence-electron chi connectivity index (χ0n) is 12.5. The third kappa shape index (κ3) is 6.79. The second kappa shape index (κ2) is 8.51. The molecule has 0 saturated heterocycles. The number of nitrogens with zero attached hydrogens (tertiary/aromatic N) is 2. The Kier molecular flexibility index (Phi) is 6.93. The molecule has 2 N–H and O–H groups in total. The molecule has 0 aliphatic carbocycles. The van der Waals surface area contributed by atoms with E-state index in [1.54, 1.807) is 0 Å². The van der Waals surface area contributed by atoms with Gasteiger partial charge < -0.3 is 10.6 Å². The van der Waals surface area contributed by atoms with Crippen molar-refractivity contribution in [2.24, 2.45) is 10.9 Å². The van der Waals surface area contributed by atoms with Gasteiger partial charge in [0.2, 0.25) is 0 Å². The van der Waals surface area contributed by atoms with Crippen LogP contribution in [0.15, 0.2) is 23.3 Å². The van der Waals surface area contributed by atoms with Crippen molar-refractivity contribution in [2.75, 3.05) is 19.6 Å². The standard InChI is InChI=1S/C15H26N4/c1-5-16-15(19-10-12(2)3)17-9-8-14-7-6-13(4)18-11-14/h6-7,11-12H,5,8-10H2,1-4H3,(H2,16,17,19). The molecule has 0 fully saturated rings. The van der Waals surface area contributed by atoms with Crippen LogP contribution in [0.25, 0.3) is 0 Å². The Morgan fingerprint density at radius 2 is 2.11 bits per heavy atom. The minimum Gasteiger partial charge on any atom is -0.357 e. The van der Waals surface area contributed by atoms with Gasteiger partial charge in [0.05, 0.1) is 0 Å². The molecule has 1 aromatic rings. The average Bonchev–Trinajstić information content (AvgIpc) is 2.38. The van der Waals surface area contributed by atoms with Crippen molar-refractivity contribution in [2.45, 2.75) is 34.1 Å². The summed E-state index contributed by atoms with van der Waals surface area (Å²) in [7, 11) is 0. The third-order valence-electron chi connectivity index (χ3n) is 2.64. The summed E-state index contributed by atoms with van der Waals surface area (Å²) in [5, 5.41) is 6.61. The summed E-state index contributed by atoms with van der Waals surface area (Å²) < 4.78 is 0. The fraction of sp³-hybridized carbons (Fsp3) is 0.600. The van der Waals surface area contributed by atoms with E-state index in [1.807, 2.05) is 19.2 Å². The number of aliphatic imine (C=N–C) groups is 1. The number of guanidine groups is 1. The van der Waals surface area contributed by atoms with Gasteiger partial charge in [0.15, 0.2) is 5.96 Å². The molecule has 1 aromatic heterocycles. The fourth-order valence-electron chi connectivity index (χ4n) is 1.59. The fourth-order valence-corrected chi connectivity index (χ4v) is 1.59. The molecule has 106 valence electrons. The van der Waals surface area contributed by atoms with Crippen molar-refractivity contribution in [3.8, 4) is 0 Å². The molecule has 4 heteroatoms. The van der Waals surface area contributed by atoms with Crippen molar-refractivity contribution in [1.29, 1.82) is 0 Å². The maximum Gasteiger partial charge on any atom is 0.191 e. The average molecular weight is 262 g/mol. The highest BCUT2D eigenvalue weighted by Gasteiger charge is 1.99. The van der Waals surface area contributed by atoms with Gasteiger partial charge in [-0.1, -0.05) is 19.9 Å². The summed E-state index contributed by atoms with van der Waals surface area (Å²) in [6.07, 6.45) is 2.90. The lowest BCUT2D eigenvalue weighted by Crippen LogP contribution is -2.38. The highest BCUT2D eigenvalue weighted by molar-refractivity contribution is 5.79. The van der Waals surface area contributed by atoms with Crippen LogP contribution in [-0.4, -0.2) is 30.6 Å². The van der Waals surface area contributed by atoms with E-state index < -0.39 is 0 Å². The summed E-state index contributed by atoms with van der Waals surface area (Å²) in [5.41, 5.74) is 2.31. The molecule has 4 nitrogen and oxygen atoms in total. The van der Waals surface area contributed by atoms with E-state index in [9.17, 15) is 0 Å². The molecule has 0 aromatic carbocycles. The van der Waals surface area contributed by atoms with Gasteiger partial charge in [-0.25, -0.2) is 0 Å². The molecular formula is C15H26N4. The molecule has 0 radical (unpaired) electrons. The Morgan fingerprint density at radius 3 is 2.68 bits per heavy atom. The summed E-state index contributed by atoms with van der Waals surface area (Å²) in [6.45, 7) is 11.0. The van der Waals surface area contributed by atoms with Gasteiger partial charge >= 0.3 is 0 Å². The Bertz CT molecular complexity index is 382. The molecule has 0 atom stereocenters. The first-order valence-corrected chi connectivity index (χ1v) is 7.05. The van der Waals surface area contributed by atoms with Crippen LogP contribution in [0.2, 0.25) is 0 Å². The number of pyridine rings is 1. The Balaban J connectivity index is 2.39. The van der Waals surface area contributed by atoms with E-state index in [-0.39, 0.29) is 0 Å². The van der Waals surface area contributed by atoms with Gasteiger partial charge in [0.1, 0.15) is 0 Å². The van der Waals surface area contributed by atoms with E-state index in [0.717, 1.165) is 37.7 Å². The first kappa shape index (κ1) is 15.5. The molecule has 0 aliphatic rings. The second-order valence-electron chi connectivity index (χ2n) is 5.10. The molecule has 19 heavy (non-hydrogen) atoms. The maximum absolute atomic E-state index is 4.54. The number of aryl methyl sites for hydroxylation is 1. The Morgan fingerprint density at radius 1 is 1.32 bits per heavy atom. The number of nitrogens with one attached hydrogen (secondary N) is 2. The molecule has 0 aliphatic heterocycles. The maximum atomic E-state index is 4.54. The first-order valence-electron chi connectivity index (χ1n) is 7.05. The van der Waals surface area contributed by atoms with Crippen molar-refractivity contribution in [3.05, 3.63) is 29.6 Å². The normalized spacial score (nSPS) is 11.7. The van der Waals surface area contributed by atoms with Gasteiger partial charge in [-0.15, -0.1) is 0 Å². The van der Waals surface area contributed by atoms with Crippen LogP contribution < -0.4 is 10.6 Å². The van der Waals surface area contributed by atoms with Crippen LogP contribution in [0, 0.1) is 12.8 Å². The minimum atomic E-state index is 0.580. The van der Waals surface area contributed by atoms with Gasteiger partial charge in [-0.05, 0) is 37.8 Å². The van der Waals surface area contributed by atoms with Gasteiger partial charge in [0.25, 0.3) is 0 Å². The molecule has 1 heterocycles. The summed E-state index contributed by atoms with van der Waals surface area (Å²) in [5.74, 6) is 1.48. The molecule has 0 unspecified atom stereocenters. The van der Waals surface area contributed by atoms with Gasteiger partial charge in [-0.2, -0.15) is 0 Å². The monoisotopic (exact) mass is 262 g/mol. The zero-order chi connectivity index (χ0) is 14.1. The van der Waals surface area contributed by atoms with Crippen LogP contribution in [0.5, 0.6) is 0 Å². The molecule has 0 spiro atoms. The van der Waals surface area contributed by atoms with Gasteiger partial charge in [0, 0.05) is 31.5 Å². The number of hydrogen-bond acceptors (Lipinski definition) is 2. The van der Waals surface area contributed by atoms with E-state index in [1.165, 1.54) is 5.56 Å². The van der Waals surface area contributed by atoms with Crippen molar-refractivity contribution >= 4 is 5.96 Å². The summed E-state index contributed by atoms with van der Waals surface area (Å²) in [6, 6.07) is 4.18. The summed E-state index contributed by atoms with van der Waals surface area (Å²) >= 11 is 0. The van der Waals surface area contributed by atoms with E-state index in [4.69, 9.17) is 0 Å². The van der Waals surface area contributed by atoms with E-state index in [0.29, 0.717) is 5.92 Å². The third-order valence-corrected chi connectivity index (χ3v) is 2.64. The predicted octanol–water partition coefficient (Wildman–Crippen LogP) is 2.14. The lowest BCUT2D eigenvalue weighted by Gasteiger charge is -2.12. The SMILES string of the molecule is CCNC(=NCC(C)C)NCCc1ccc(C)nc1. The van der Waals surface area contributed by atoms with Crippen LogP contribution >= 0.6 is 0 Å². The molecular weight excluding hydrogens is 236 g/mol. The van der Waals surface area contributed by atoms with Crippen LogP contribution in [0.1, 0.15) is 32.0 Å². The smallest absolute Gasteiger partial charge is 0.191 e. The zero-order valence-corrected chi connectivity index (χ0v) is 12.5. The van der Waals surface area contributed by atoms with Crippen molar-refractivity contribution in [3.63, 3.8) is 0 Å². The van der Waals surface area contributed by atoms with E-state index >= 15 is 0 Å². The van der Waals surface area contributed by atoms with E-state index in [2.05, 4.69) is 47.4 Å². The molecule has 0 bridgehead atoms. The quantitative estimate of drug-likeness (QED) is 0.610. The number of hydrogen-bond donors (Lipinski definition) is 2. The first-order chi connectivity index (χ1) is 9.11. The highest BCUT2D eigenvalue weighted by atomic mass is 15.2. The Hall–Kier alpha value is -1.58. The summed E-state index contributed by atoms with van der Waals surface area (Å²) in [4.78, 5) is 8.84. The van der Waals surface area contributed by atoms with Crippen LogP contribution in [0.3, 0.4) is 0 Å². The molecule has 0 amide bonds. The highest BCUT2D eigenvalue weighted by Crippen LogP contribution is 1.99. The lowest BCUT2D eigenvalue weighted by atomic mass is 10.2. The number of aromatic nitrogens is 1. The van der Waals surface area contributed by atoms with Crippen molar-refractivity contribution < 1.29 is 0 Å². The topological polar surface area (TPSA) is 49.3 Å². The lowest BCUT2D eigenvalue weighted by molar-refractivity contribution is 0.656. The number of rotatable bonds is 6. The predicted molar refractivity (Wildman–Crippen MR) is 81.5 cm³/mol.